The van der Waals surface area contributed by atoms with E-state index in [1.165, 1.54) is 23.8 Å². The second-order valence-corrected chi connectivity index (χ2v) is 9.21. The highest BCUT2D eigenvalue weighted by Gasteiger charge is 2.43. The van der Waals surface area contributed by atoms with Crippen LogP contribution in [0.5, 0.6) is 5.75 Å². The van der Waals surface area contributed by atoms with E-state index in [1.54, 1.807) is 30.5 Å². The lowest BCUT2D eigenvalue weighted by atomic mass is 10.0. The van der Waals surface area contributed by atoms with Crippen molar-refractivity contribution in [1.82, 2.24) is 15.5 Å². The van der Waals surface area contributed by atoms with Gasteiger partial charge >= 0.3 is 6.03 Å². The minimum Gasteiger partial charge on any atom is -0.497 e. The Labute approximate surface area is 214 Å². The van der Waals surface area contributed by atoms with Crippen LogP contribution in [0.15, 0.2) is 54.6 Å². The average Bonchev–Trinajstić information content (AvgIpc) is 3.28. The molecule has 192 valence electrons. The molecule has 36 heavy (non-hydrogen) atoms. The van der Waals surface area contributed by atoms with Crippen LogP contribution in [0.25, 0.3) is 0 Å². The zero-order valence-corrected chi connectivity index (χ0v) is 21.0. The van der Waals surface area contributed by atoms with Crippen molar-refractivity contribution in [2.45, 2.75) is 31.0 Å². The van der Waals surface area contributed by atoms with Crippen molar-refractivity contribution in [3.05, 3.63) is 60.2 Å². The van der Waals surface area contributed by atoms with E-state index in [0.717, 1.165) is 5.56 Å². The molecule has 11 heteroatoms. The molecule has 1 aliphatic rings. The Morgan fingerprint density at radius 3 is 2.56 bits per heavy atom. The van der Waals surface area contributed by atoms with Crippen molar-refractivity contribution in [2.75, 3.05) is 31.0 Å². The van der Waals surface area contributed by atoms with Gasteiger partial charge in [-0.2, -0.15) is 11.8 Å². The molecule has 1 heterocycles. The molecule has 1 fully saturated rings. The molecule has 0 unspecified atom stereocenters. The number of benzene rings is 2. The van der Waals surface area contributed by atoms with Crippen molar-refractivity contribution in [1.29, 1.82) is 0 Å². The summed E-state index contributed by atoms with van der Waals surface area (Å²) in [4.78, 5) is 52.5. The number of anilines is 1. The van der Waals surface area contributed by atoms with Crippen LogP contribution in [0, 0.1) is 0 Å². The fourth-order valence-corrected chi connectivity index (χ4v) is 4.53. The van der Waals surface area contributed by atoms with E-state index < -0.39 is 36.0 Å². The van der Waals surface area contributed by atoms with E-state index in [1.807, 2.05) is 30.3 Å². The molecule has 2 aromatic rings. The lowest BCUT2D eigenvalue weighted by Gasteiger charge is -2.29. The van der Waals surface area contributed by atoms with Crippen LogP contribution < -0.4 is 26.4 Å². The predicted octanol–water partition coefficient (Wildman–Crippen LogP) is 1.36. The number of thioether (sulfide) groups is 1. The smallest absolute Gasteiger partial charge is 0.319 e. The summed E-state index contributed by atoms with van der Waals surface area (Å²) in [7, 11) is 1.53. The highest BCUT2D eigenvalue weighted by atomic mass is 32.2. The highest BCUT2D eigenvalue weighted by molar-refractivity contribution is 7.99. The van der Waals surface area contributed by atoms with Crippen LogP contribution in [-0.2, 0) is 20.8 Å². The number of carbonyl (C=O) groups is 4. The maximum atomic E-state index is 13.4. The van der Waals surface area contributed by atoms with E-state index in [4.69, 9.17) is 10.5 Å². The van der Waals surface area contributed by atoms with Crippen LogP contribution in [-0.4, -0.2) is 72.4 Å². The highest BCUT2D eigenvalue weighted by Crippen LogP contribution is 2.21. The van der Waals surface area contributed by atoms with Gasteiger partial charge in [0.2, 0.25) is 17.7 Å². The summed E-state index contributed by atoms with van der Waals surface area (Å²) in [5.41, 5.74) is 6.91. The first-order valence-electron chi connectivity index (χ1n) is 11.5. The summed E-state index contributed by atoms with van der Waals surface area (Å²) < 4.78 is 5.17. The molecule has 0 radical (unpaired) electrons. The number of nitrogens with zero attached hydrogens (tertiary/aromatic N) is 1. The van der Waals surface area contributed by atoms with Gasteiger partial charge < -0.3 is 31.3 Å². The summed E-state index contributed by atoms with van der Waals surface area (Å²) in [6, 6.07) is 12.9. The number of carbonyl (C=O) groups excluding carboxylic acids is 4. The number of amides is 5. The fourth-order valence-electron chi connectivity index (χ4n) is 4.12. The molecule has 0 aromatic heterocycles. The van der Waals surface area contributed by atoms with Crippen LogP contribution >= 0.6 is 11.8 Å². The second-order valence-electron chi connectivity index (χ2n) is 8.34. The molecular formula is C25H31N5O5S. The third-order valence-corrected chi connectivity index (χ3v) is 6.38. The fraction of sp³-hybridized carbons (Fsp3) is 0.360. The molecule has 0 spiro atoms. The van der Waals surface area contributed by atoms with Gasteiger partial charge in [0.25, 0.3) is 0 Å². The predicted molar refractivity (Wildman–Crippen MR) is 139 cm³/mol. The largest absolute Gasteiger partial charge is 0.497 e. The van der Waals surface area contributed by atoms with E-state index in [0.29, 0.717) is 24.4 Å². The standard InChI is InChI=1S/C25H31N5O5S/c1-35-18-10-6-9-17(14-18)27-25(34)29-19-11-12-30(21(31)15-36-2)22(19)24(33)28-20(23(26)32)13-16-7-4-3-5-8-16/h3-10,14,19-20,22H,11-13,15H2,1-2H3,(H2,26,32)(H,28,33)(H2,27,29,34)/t19-,20+,22-/m0/s1. The van der Waals surface area contributed by atoms with Crippen molar-refractivity contribution in [3.63, 3.8) is 0 Å². The number of hydrogen-bond donors (Lipinski definition) is 4. The van der Waals surface area contributed by atoms with Crippen molar-refractivity contribution < 1.29 is 23.9 Å². The Morgan fingerprint density at radius 2 is 1.89 bits per heavy atom. The van der Waals surface area contributed by atoms with Gasteiger partial charge in [-0.3, -0.25) is 14.4 Å². The van der Waals surface area contributed by atoms with E-state index in [9.17, 15) is 19.2 Å². The summed E-state index contributed by atoms with van der Waals surface area (Å²) in [6.07, 6.45) is 2.38. The maximum Gasteiger partial charge on any atom is 0.319 e. The minimum absolute atomic E-state index is 0.190. The third kappa shape index (κ3) is 7.14. The number of likely N-dealkylation sites (tertiary alicyclic amines) is 1. The molecule has 0 saturated carbocycles. The quantitative estimate of drug-likeness (QED) is 0.378. The molecule has 1 saturated heterocycles. The summed E-state index contributed by atoms with van der Waals surface area (Å²) in [6.45, 7) is 0.293. The van der Waals surface area contributed by atoms with Gasteiger partial charge in [0.05, 0.1) is 18.9 Å². The monoisotopic (exact) mass is 513 g/mol. The van der Waals surface area contributed by atoms with Crippen LogP contribution in [0.1, 0.15) is 12.0 Å². The average molecular weight is 514 g/mol. The summed E-state index contributed by atoms with van der Waals surface area (Å²) in [5.74, 6) is -0.689. The molecule has 3 atom stereocenters. The molecule has 0 bridgehead atoms. The first-order chi connectivity index (χ1) is 17.3. The van der Waals surface area contributed by atoms with Gasteiger partial charge in [0.15, 0.2) is 0 Å². The van der Waals surface area contributed by atoms with Gasteiger partial charge in [-0.25, -0.2) is 4.79 Å². The van der Waals surface area contributed by atoms with Crippen molar-refractivity contribution in [2.24, 2.45) is 5.73 Å². The Balaban J connectivity index is 1.75. The van der Waals surface area contributed by atoms with Gasteiger partial charge in [-0.1, -0.05) is 36.4 Å². The molecule has 5 amide bonds. The molecule has 10 nitrogen and oxygen atoms in total. The molecule has 1 aliphatic heterocycles. The second kappa shape index (κ2) is 12.8. The Hall–Kier alpha value is -3.73. The zero-order valence-electron chi connectivity index (χ0n) is 20.2. The van der Waals surface area contributed by atoms with Crippen LogP contribution in [0.3, 0.4) is 0 Å². The zero-order chi connectivity index (χ0) is 26.1. The lowest BCUT2D eigenvalue weighted by molar-refractivity contribution is -0.138. The van der Waals surface area contributed by atoms with Crippen LogP contribution in [0.4, 0.5) is 10.5 Å². The van der Waals surface area contributed by atoms with Crippen molar-refractivity contribution >= 4 is 41.2 Å². The number of nitrogens with two attached hydrogens (primary N) is 1. The third-order valence-electron chi connectivity index (χ3n) is 5.84. The molecule has 2 aromatic carbocycles. The first kappa shape index (κ1) is 26.9. The summed E-state index contributed by atoms with van der Waals surface area (Å²) in [5, 5.41) is 8.23. The number of nitrogens with one attached hydrogen (secondary N) is 3. The number of methoxy groups -OCH3 is 1. The van der Waals surface area contributed by atoms with Crippen molar-refractivity contribution in [3.8, 4) is 5.75 Å². The first-order valence-corrected chi connectivity index (χ1v) is 12.9. The van der Waals surface area contributed by atoms with E-state index >= 15 is 0 Å². The molecule has 5 N–H and O–H groups in total. The Bertz CT molecular complexity index is 1080. The maximum absolute atomic E-state index is 13.4. The summed E-state index contributed by atoms with van der Waals surface area (Å²) >= 11 is 1.34. The topological polar surface area (TPSA) is 143 Å². The van der Waals surface area contributed by atoms with E-state index in [2.05, 4.69) is 16.0 Å². The Kier molecular flexibility index (Phi) is 9.57. The van der Waals surface area contributed by atoms with Gasteiger partial charge in [0, 0.05) is 24.7 Å². The van der Waals surface area contributed by atoms with Crippen LogP contribution in [0.2, 0.25) is 0 Å². The van der Waals surface area contributed by atoms with E-state index in [-0.39, 0.29) is 18.1 Å². The molecular weight excluding hydrogens is 482 g/mol. The Morgan fingerprint density at radius 1 is 1.14 bits per heavy atom. The number of hydrogen-bond acceptors (Lipinski definition) is 6. The van der Waals surface area contributed by atoms with Gasteiger partial charge in [0.1, 0.15) is 17.8 Å². The number of ether oxygens (including phenoxy) is 1. The molecule has 3 rings (SSSR count). The van der Waals surface area contributed by atoms with Gasteiger partial charge in [-0.15, -0.1) is 0 Å². The molecule has 0 aliphatic carbocycles. The van der Waals surface area contributed by atoms with Gasteiger partial charge in [-0.05, 0) is 30.4 Å². The number of primary amides is 1. The SMILES string of the molecule is COc1cccc(NC(=O)N[C@H]2CCN(C(=O)CSC)[C@@H]2C(=O)N[C@H](Cc2ccccc2)C(N)=O)c1. The number of urea groups is 1. The lowest BCUT2D eigenvalue weighted by Crippen LogP contribution is -2.58. The normalized spacial score (nSPS) is 17.7. The minimum atomic E-state index is -0.988. The number of rotatable bonds is 10.